The first-order chi connectivity index (χ1) is 6.40. The van der Waals surface area contributed by atoms with Gasteiger partial charge in [-0.05, 0) is 6.92 Å². The van der Waals surface area contributed by atoms with Gasteiger partial charge in [0.25, 0.3) is 0 Å². The van der Waals surface area contributed by atoms with E-state index < -0.39 is 9.84 Å². The zero-order chi connectivity index (χ0) is 10.8. The number of nitrogens with one attached hydrogen (secondary N) is 1. The van der Waals surface area contributed by atoms with Gasteiger partial charge in [0.2, 0.25) is 5.91 Å². The van der Waals surface area contributed by atoms with Crippen LogP contribution in [0.2, 0.25) is 0 Å². The summed E-state index contributed by atoms with van der Waals surface area (Å²) in [4.78, 5) is 13.1. The Morgan fingerprint density at radius 3 is 2.79 bits per heavy atom. The molecule has 1 unspecified atom stereocenters. The normalized spacial score (nSPS) is 24.0. The first kappa shape index (κ1) is 11.5. The Morgan fingerprint density at radius 1 is 1.57 bits per heavy atom. The van der Waals surface area contributed by atoms with Gasteiger partial charge >= 0.3 is 0 Å². The van der Waals surface area contributed by atoms with E-state index in [4.69, 9.17) is 0 Å². The molecule has 0 saturated carbocycles. The van der Waals surface area contributed by atoms with E-state index in [1.54, 1.807) is 11.8 Å². The van der Waals surface area contributed by atoms with Crippen molar-refractivity contribution in [2.45, 2.75) is 13.0 Å². The maximum atomic E-state index is 11.5. The van der Waals surface area contributed by atoms with E-state index in [1.165, 1.54) is 6.26 Å². The highest BCUT2D eigenvalue weighted by Crippen LogP contribution is 2.01. The van der Waals surface area contributed by atoms with Gasteiger partial charge in [0.1, 0.15) is 9.84 Å². The summed E-state index contributed by atoms with van der Waals surface area (Å²) in [7, 11) is -2.98. The van der Waals surface area contributed by atoms with Crippen LogP contribution in [0.5, 0.6) is 0 Å². The topological polar surface area (TPSA) is 66.5 Å². The van der Waals surface area contributed by atoms with Gasteiger partial charge in [-0.1, -0.05) is 0 Å². The zero-order valence-corrected chi connectivity index (χ0v) is 9.30. The SMILES string of the molecule is CC1NCCN(CCS(C)(=O)=O)C1=O. The van der Waals surface area contributed by atoms with Gasteiger partial charge in [-0.2, -0.15) is 0 Å². The van der Waals surface area contributed by atoms with E-state index in [-0.39, 0.29) is 17.7 Å². The van der Waals surface area contributed by atoms with Crippen molar-refractivity contribution in [2.24, 2.45) is 0 Å². The molecule has 1 saturated heterocycles. The van der Waals surface area contributed by atoms with Gasteiger partial charge in [0.15, 0.2) is 0 Å². The van der Waals surface area contributed by atoms with Crippen LogP contribution in [0.1, 0.15) is 6.92 Å². The van der Waals surface area contributed by atoms with Crippen LogP contribution in [0.4, 0.5) is 0 Å². The molecule has 0 bridgehead atoms. The summed E-state index contributed by atoms with van der Waals surface area (Å²) in [6, 6.07) is -0.191. The average molecular weight is 220 g/mol. The average Bonchev–Trinajstić information content (AvgIpc) is 2.06. The van der Waals surface area contributed by atoms with E-state index in [9.17, 15) is 13.2 Å². The highest BCUT2D eigenvalue weighted by atomic mass is 32.2. The molecule has 1 N–H and O–H groups in total. The second-order valence-electron chi connectivity index (χ2n) is 3.63. The molecule has 1 aliphatic heterocycles. The molecule has 5 nitrogen and oxygen atoms in total. The van der Waals surface area contributed by atoms with Gasteiger partial charge in [0.05, 0.1) is 11.8 Å². The summed E-state index contributed by atoms with van der Waals surface area (Å²) >= 11 is 0. The lowest BCUT2D eigenvalue weighted by atomic mass is 10.2. The van der Waals surface area contributed by atoms with Crippen molar-refractivity contribution in [3.05, 3.63) is 0 Å². The van der Waals surface area contributed by atoms with Gasteiger partial charge in [-0.15, -0.1) is 0 Å². The minimum Gasteiger partial charge on any atom is -0.339 e. The summed E-state index contributed by atoms with van der Waals surface area (Å²) in [5.41, 5.74) is 0. The van der Waals surface area contributed by atoms with Crippen LogP contribution >= 0.6 is 0 Å². The lowest BCUT2D eigenvalue weighted by molar-refractivity contribution is -0.134. The Labute approximate surface area is 84.4 Å². The second kappa shape index (κ2) is 4.27. The molecule has 82 valence electrons. The molecule has 1 aliphatic rings. The first-order valence-electron chi connectivity index (χ1n) is 4.60. The largest absolute Gasteiger partial charge is 0.339 e. The summed E-state index contributed by atoms with van der Waals surface area (Å²) in [5.74, 6) is 0.0331. The molecule has 0 spiro atoms. The lowest BCUT2D eigenvalue weighted by Gasteiger charge is -2.31. The lowest BCUT2D eigenvalue weighted by Crippen LogP contribution is -2.54. The van der Waals surface area contributed by atoms with Crippen molar-refractivity contribution in [1.82, 2.24) is 10.2 Å². The zero-order valence-electron chi connectivity index (χ0n) is 8.49. The molecule has 0 aromatic rings. The third kappa shape index (κ3) is 3.26. The quantitative estimate of drug-likeness (QED) is 0.652. The smallest absolute Gasteiger partial charge is 0.239 e. The van der Waals surface area contributed by atoms with Crippen molar-refractivity contribution in [3.8, 4) is 0 Å². The molecule has 1 heterocycles. The molecule has 0 aromatic heterocycles. The Morgan fingerprint density at radius 2 is 2.21 bits per heavy atom. The summed E-state index contributed by atoms with van der Waals surface area (Å²) in [6.07, 6.45) is 1.18. The highest BCUT2D eigenvalue weighted by Gasteiger charge is 2.24. The maximum Gasteiger partial charge on any atom is 0.239 e. The summed E-state index contributed by atoms with van der Waals surface area (Å²) < 4.78 is 21.8. The maximum absolute atomic E-state index is 11.5. The number of rotatable bonds is 3. The number of nitrogens with zero attached hydrogens (tertiary/aromatic N) is 1. The van der Waals surface area contributed by atoms with E-state index in [1.807, 2.05) is 0 Å². The predicted molar refractivity (Wildman–Crippen MR) is 53.8 cm³/mol. The van der Waals surface area contributed by atoms with Crippen molar-refractivity contribution < 1.29 is 13.2 Å². The third-order valence-corrected chi connectivity index (χ3v) is 3.17. The minimum atomic E-state index is -2.98. The van der Waals surface area contributed by atoms with Crippen LogP contribution in [-0.2, 0) is 14.6 Å². The van der Waals surface area contributed by atoms with Crippen LogP contribution in [0.15, 0.2) is 0 Å². The Balaban J connectivity index is 2.48. The highest BCUT2D eigenvalue weighted by molar-refractivity contribution is 7.90. The molecule has 14 heavy (non-hydrogen) atoms. The van der Waals surface area contributed by atoms with Gasteiger partial charge in [-0.25, -0.2) is 8.42 Å². The van der Waals surface area contributed by atoms with Crippen molar-refractivity contribution in [1.29, 1.82) is 0 Å². The molecular formula is C8H16N2O3S. The number of carbonyl (C=O) groups excluding carboxylic acids is 1. The molecule has 0 aliphatic carbocycles. The standard InChI is InChI=1S/C8H16N2O3S/c1-7-8(11)10(4-3-9-7)5-6-14(2,12)13/h7,9H,3-6H2,1-2H3. The van der Waals surface area contributed by atoms with Crippen LogP contribution in [0.3, 0.4) is 0 Å². The Bertz CT molecular complexity index is 313. The van der Waals surface area contributed by atoms with Crippen LogP contribution in [0.25, 0.3) is 0 Å². The molecule has 1 fully saturated rings. The molecule has 1 amide bonds. The van der Waals surface area contributed by atoms with Gasteiger partial charge < -0.3 is 10.2 Å². The fourth-order valence-corrected chi connectivity index (χ4v) is 1.94. The van der Waals surface area contributed by atoms with Gasteiger partial charge in [0, 0.05) is 25.9 Å². The third-order valence-electron chi connectivity index (χ3n) is 2.25. The number of sulfone groups is 1. The molecule has 1 atom stereocenters. The number of piperazine rings is 1. The second-order valence-corrected chi connectivity index (χ2v) is 5.89. The Kier molecular flexibility index (Phi) is 3.49. The fourth-order valence-electron chi connectivity index (χ4n) is 1.39. The molecule has 1 rings (SSSR count). The molecular weight excluding hydrogens is 204 g/mol. The van der Waals surface area contributed by atoms with Crippen LogP contribution < -0.4 is 5.32 Å². The van der Waals surface area contributed by atoms with Crippen molar-refractivity contribution in [3.63, 3.8) is 0 Å². The van der Waals surface area contributed by atoms with Crippen LogP contribution in [0, 0.1) is 0 Å². The summed E-state index contributed by atoms with van der Waals surface area (Å²) in [6.45, 7) is 3.42. The predicted octanol–water partition coefficient (Wildman–Crippen LogP) is -1.15. The number of hydrogen-bond donors (Lipinski definition) is 1. The molecule has 6 heteroatoms. The van der Waals surface area contributed by atoms with Gasteiger partial charge in [-0.3, -0.25) is 4.79 Å². The molecule has 0 radical (unpaired) electrons. The number of amides is 1. The molecule has 0 aromatic carbocycles. The van der Waals surface area contributed by atoms with Crippen molar-refractivity contribution >= 4 is 15.7 Å². The first-order valence-corrected chi connectivity index (χ1v) is 6.66. The number of carbonyl (C=O) groups is 1. The number of hydrogen-bond acceptors (Lipinski definition) is 4. The monoisotopic (exact) mass is 220 g/mol. The fraction of sp³-hybridized carbons (Fsp3) is 0.875. The minimum absolute atomic E-state index is 0.0140. The van der Waals surface area contributed by atoms with E-state index >= 15 is 0 Å². The van der Waals surface area contributed by atoms with E-state index in [2.05, 4.69) is 5.32 Å². The Hall–Kier alpha value is -0.620. The van der Waals surface area contributed by atoms with E-state index in [0.29, 0.717) is 13.1 Å². The van der Waals surface area contributed by atoms with E-state index in [0.717, 1.165) is 6.54 Å². The van der Waals surface area contributed by atoms with Crippen LogP contribution in [-0.4, -0.2) is 56.9 Å². The van der Waals surface area contributed by atoms with Crippen molar-refractivity contribution in [2.75, 3.05) is 31.6 Å². The summed E-state index contributed by atoms with van der Waals surface area (Å²) in [5, 5.41) is 3.02.